The third-order valence-corrected chi connectivity index (χ3v) is 15.7. The van der Waals surface area contributed by atoms with Crippen LogP contribution in [0.1, 0.15) is 380 Å². The fourth-order valence-electron chi connectivity index (χ4n) is 10.7. The number of carbonyl (C=O) groups is 1. The van der Waals surface area contributed by atoms with Gasteiger partial charge in [-0.05, 0) is 32.1 Å². The predicted octanol–water partition coefficient (Wildman–Crippen LogP) is 22.2. The van der Waals surface area contributed by atoms with Gasteiger partial charge in [0, 0.05) is 6.42 Å². The first kappa shape index (κ1) is 69.9. The second kappa shape index (κ2) is 63.2. The molecule has 0 aliphatic carbocycles. The first-order chi connectivity index (χ1) is 35.2. The summed E-state index contributed by atoms with van der Waals surface area (Å²) in [7, 11) is 0. The molecular weight excluding hydrogens is 867 g/mol. The van der Waals surface area contributed by atoms with E-state index in [1.165, 1.54) is 327 Å². The minimum atomic E-state index is -0.861. The van der Waals surface area contributed by atoms with Crippen LogP contribution in [0.5, 0.6) is 0 Å². The van der Waals surface area contributed by atoms with E-state index < -0.39 is 12.1 Å². The summed E-state index contributed by atoms with van der Waals surface area (Å²) in [5, 5.41) is 23.2. The van der Waals surface area contributed by atoms with Gasteiger partial charge in [-0.2, -0.15) is 0 Å². The lowest BCUT2D eigenvalue weighted by atomic mass is 10.0. The van der Waals surface area contributed by atoms with Gasteiger partial charge in [-0.1, -0.05) is 366 Å². The summed E-state index contributed by atoms with van der Waals surface area (Å²) in [6.07, 6.45) is 85.4. The largest absolute Gasteiger partial charge is 0.394 e. The van der Waals surface area contributed by atoms with Crippen molar-refractivity contribution in [1.29, 1.82) is 0 Å². The lowest BCUT2D eigenvalue weighted by Gasteiger charge is -2.19. The van der Waals surface area contributed by atoms with Gasteiger partial charge >= 0.3 is 0 Å². The van der Waals surface area contributed by atoms with Crippen molar-refractivity contribution in [2.45, 2.75) is 392 Å². The highest BCUT2D eigenvalue weighted by Crippen LogP contribution is 2.19. The first-order valence-electron chi connectivity index (χ1n) is 33.1. The highest BCUT2D eigenvalue weighted by Gasteiger charge is 2.18. The molecule has 2 unspecified atom stereocenters. The van der Waals surface area contributed by atoms with Gasteiger partial charge in [0.2, 0.25) is 5.91 Å². The minimum Gasteiger partial charge on any atom is -0.394 e. The Morgan fingerprint density at radius 2 is 0.549 bits per heavy atom. The van der Waals surface area contributed by atoms with Gasteiger partial charge in [0.05, 0.1) is 18.8 Å². The van der Waals surface area contributed by atoms with Gasteiger partial charge < -0.3 is 15.5 Å². The molecule has 0 radical (unpaired) electrons. The molecule has 0 aromatic heterocycles. The highest BCUT2D eigenvalue weighted by atomic mass is 16.3. The van der Waals surface area contributed by atoms with Crippen LogP contribution in [0.25, 0.3) is 0 Å². The summed E-state index contributed by atoms with van der Waals surface area (Å²) in [6.45, 7) is 4.35. The van der Waals surface area contributed by atoms with E-state index in [9.17, 15) is 15.0 Å². The molecule has 0 aliphatic rings. The van der Waals surface area contributed by atoms with E-state index >= 15 is 0 Å². The number of allylic oxidation sites excluding steroid dienone is 3. The van der Waals surface area contributed by atoms with Crippen molar-refractivity contribution in [1.82, 2.24) is 5.32 Å². The molecule has 0 spiro atoms. The average Bonchev–Trinajstić information content (AvgIpc) is 3.37. The summed E-state index contributed by atoms with van der Waals surface area (Å²) >= 11 is 0. The van der Waals surface area contributed by atoms with E-state index in [1.807, 2.05) is 6.08 Å². The summed E-state index contributed by atoms with van der Waals surface area (Å²) in [5.41, 5.74) is 0. The van der Waals surface area contributed by atoms with Crippen LogP contribution in [-0.4, -0.2) is 34.9 Å². The van der Waals surface area contributed by atoms with Gasteiger partial charge in [-0.15, -0.1) is 0 Å². The predicted molar refractivity (Wildman–Crippen MR) is 318 cm³/mol. The molecular formula is C67H131NO3. The molecule has 4 nitrogen and oxygen atoms in total. The Morgan fingerprint density at radius 1 is 0.324 bits per heavy atom. The van der Waals surface area contributed by atoms with Crippen LogP contribution in [0.15, 0.2) is 24.3 Å². The number of unbranched alkanes of at least 4 members (excludes halogenated alkanes) is 53. The zero-order valence-corrected chi connectivity index (χ0v) is 48.8. The van der Waals surface area contributed by atoms with Crippen LogP contribution in [0, 0.1) is 0 Å². The highest BCUT2D eigenvalue weighted by molar-refractivity contribution is 5.76. The lowest BCUT2D eigenvalue weighted by molar-refractivity contribution is -0.123. The summed E-state index contributed by atoms with van der Waals surface area (Å²) in [4.78, 5) is 12.5. The summed E-state index contributed by atoms with van der Waals surface area (Å²) < 4.78 is 0. The molecule has 1 amide bonds. The molecule has 0 saturated carbocycles. The van der Waals surface area contributed by atoms with Crippen molar-refractivity contribution in [2.75, 3.05) is 6.61 Å². The molecule has 0 bridgehead atoms. The Morgan fingerprint density at radius 3 is 0.817 bits per heavy atom. The Kier molecular flexibility index (Phi) is 62.2. The quantitative estimate of drug-likeness (QED) is 0.0420. The number of aliphatic hydroxyl groups excluding tert-OH is 2. The van der Waals surface area contributed by atoms with Gasteiger partial charge in [0.1, 0.15) is 0 Å². The van der Waals surface area contributed by atoms with Crippen LogP contribution < -0.4 is 5.32 Å². The number of aliphatic hydroxyl groups is 2. The zero-order valence-electron chi connectivity index (χ0n) is 48.8. The van der Waals surface area contributed by atoms with E-state index in [0.717, 1.165) is 32.1 Å². The number of hydrogen-bond acceptors (Lipinski definition) is 3. The van der Waals surface area contributed by atoms with Crippen LogP contribution in [0.2, 0.25) is 0 Å². The molecule has 0 aromatic rings. The van der Waals surface area contributed by atoms with E-state index in [-0.39, 0.29) is 12.5 Å². The Bertz CT molecular complexity index is 1040. The molecule has 2 atom stereocenters. The van der Waals surface area contributed by atoms with Crippen molar-refractivity contribution in [3.8, 4) is 0 Å². The van der Waals surface area contributed by atoms with Crippen molar-refractivity contribution in [3.63, 3.8) is 0 Å². The Balaban J connectivity index is 3.44. The molecule has 71 heavy (non-hydrogen) atoms. The topological polar surface area (TPSA) is 69.6 Å². The van der Waals surface area contributed by atoms with Crippen LogP contribution in [0.3, 0.4) is 0 Å². The monoisotopic (exact) mass is 998 g/mol. The van der Waals surface area contributed by atoms with Gasteiger partial charge in [-0.25, -0.2) is 0 Å². The standard InChI is InChI=1S/C67H131NO3/c1-3-5-7-9-11-13-15-17-19-21-23-25-27-29-31-32-33-34-35-37-38-40-42-44-46-48-50-52-54-56-58-60-62-66(70)65(64-69)68-67(71)63-61-59-57-55-53-51-49-47-45-43-41-39-36-30-28-26-24-22-20-18-16-14-12-10-8-6-4-2/h52,54,60,62,65-66,69-70H,3-51,53,55-59,61,63-64H2,1-2H3,(H,68,71)/b54-52+,62-60+. The van der Waals surface area contributed by atoms with E-state index in [2.05, 4.69) is 31.3 Å². The molecule has 0 heterocycles. The second-order valence-electron chi connectivity index (χ2n) is 22.9. The van der Waals surface area contributed by atoms with Crippen LogP contribution in [0.4, 0.5) is 0 Å². The molecule has 0 aromatic carbocycles. The van der Waals surface area contributed by atoms with E-state index in [1.54, 1.807) is 6.08 Å². The molecule has 0 fully saturated rings. The first-order valence-corrected chi connectivity index (χ1v) is 33.1. The number of nitrogens with one attached hydrogen (secondary N) is 1. The number of carbonyl (C=O) groups excluding carboxylic acids is 1. The SMILES string of the molecule is CCCCCCCCCCCCCCCCCCCCCCCCCCCC/C=C/CC/C=C/C(O)C(CO)NC(=O)CCCCCCCCCCCCCCCCCCCCCCCCCCCCC. The molecule has 4 heteroatoms. The summed E-state index contributed by atoms with van der Waals surface area (Å²) in [5.74, 6) is -0.0648. The van der Waals surface area contributed by atoms with Gasteiger partial charge in [0.15, 0.2) is 0 Å². The van der Waals surface area contributed by atoms with E-state index in [4.69, 9.17) is 0 Å². The number of hydrogen-bond donors (Lipinski definition) is 3. The van der Waals surface area contributed by atoms with Crippen molar-refractivity contribution < 1.29 is 15.0 Å². The third-order valence-electron chi connectivity index (χ3n) is 15.7. The third kappa shape index (κ3) is 59.6. The average molecular weight is 999 g/mol. The number of rotatable bonds is 62. The Hall–Kier alpha value is -1.13. The second-order valence-corrected chi connectivity index (χ2v) is 22.9. The molecule has 0 saturated heterocycles. The maximum absolute atomic E-state index is 12.5. The smallest absolute Gasteiger partial charge is 0.220 e. The fourth-order valence-corrected chi connectivity index (χ4v) is 10.7. The van der Waals surface area contributed by atoms with Crippen LogP contribution in [-0.2, 0) is 4.79 Å². The maximum atomic E-state index is 12.5. The van der Waals surface area contributed by atoms with Crippen LogP contribution >= 0.6 is 0 Å². The van der Waals surface area contributed by atoms with Gasteiger partial charge in [-0.3, -0.25) is 4.79 Å². The lowest BCUT2D eigenvalue weighted by Crippen LogP contribution is -2.45. The number of amides is 1. The fraction of sp³-hybridized carbons (Fsp3) is 0.925. The van der Waals surface area contributed by atoms with E-state index in [0.29, 0.717) is 6.42 Å². The summed E-state index contributed by atoms with van der Waals surface area (Å²) in [6, 6.07) is -0.637. The minimum absolute atomic E-state index is 0.0648. The molecule has 0 aliphatic heterocycles. The Labute approximate surface area is 447 Å². The zero-order chi connectivity index (χ0) is 51.3. The van der Waals surface area contributed by atoms with Crippen molar-refractivity contribution in [3.05, 3.63) is 24.3 Å². The molecule has 3 N–H and O–H groups in total. The van der Waals surface area contributed by atoms with Crippen molar-refractivity contribution >= 4 is 5.91 Å². The van der Waals surface area contributed by atoms with Gasteiger partial charge in [0.25, 0.3) is 0 Å². The molecule has 422 valence electrons. The normalized spacial score (nSPS) is 12.8. The van der Waals surface area contributed by atoms with Crippen molar-refractivity contribution in [2.24, 2.45) is 0 Å². The molecule has 0 rings (SSSR count). The maximum Gasteiger partial charge on any atom is 0.220 e.